The summed E-state index contributed by atoms with van der Waals surface area (Å²) in [5.41, 5.74) is 4.54. The van der Waals surface area contributed by atoms with Gasteiger partial charge in [-0.3, -0.25) is 0 Å². The molecule has 0 bridgehead atoms. The molecule has 0 amide bonds. The van der Waals surface area contributed by atoms with Gasteiger partial charge < -0.3 is 15.2 Å². The maximum Gasteiger partial charge on any atom is 0.119 e. The van der Waals surface area contributed by atoms with Crippen LogP contribution in [-0.2, 0) is 6.54 Å². The summed E-state index contributed by atoms with van der Waals surface area (Å²) < 4.78 is 7.53. The quantitative estimate of drug-likeness (QED) is 0.455. The van der Waals surface area contributed by atoms with Crippen LogP contribution in [0.1, 0.15) is 29.8 Å². The van der Waals surface area contributed by atoms with Crippen molar-refractivity contribution in [1.29, 1.82) is 0 Å². The van der Waals surface area contributed by atoms with Crippen LogP contribution in [0.4, 0.5) is 0 Å². The first-order valence-corrected chi connectivity index (χ1v) is 10.3. The Kier molecular flexibility index (Phi) is 6.12. The van der Waals surface area contributed by atoms with Crippen LogP contribution in [0, 0.1) is 6.92 Å². The molecule has 2 N–H and O–H groups in total. The van der Waals surface area contributed by atoms with Crippen LogP contribution in [0.3, 0.4) is 0 Å². The lowest BCUT2D eigenvalue weighted by Crippen LogP contribution is -2.18. The van der Waals surface area contributed by atoms with Crippen LogP contribution in [0.5, 0.6) is 5.75 Å². The highest BCUT2D eigenvalue weighted by molar-refractivity contribution is 5.90. The third-order valence-electron chi connectivity index (χ3n) is 5.38. The van der Waals surface area contributed by atoms with Gasteiger partial charge in [0.2, 0.25) is 0 Å². The van der Waals surface area contributed by atoms with E-state index in [0.29, 0.717) is 6.61 Å². The van der Waals surface area contributed by atoms with Crippen molar-refractivity contribution >= 4 is 10.8 Å². The van der Waals surface area contributed by atoms with Crippen LogP contribution < -0.4 is 10.1 Å². The monoisotopic (exact) mass is 401 g/mol. The summed E-state index contributed by atoms with van der Waals surface area (Å²) in [6.45, 7) is 5.31. The van der Waals surface area contributed by atoms with E-state index in [4.69, 9.17) is 14.9 Å². The first-order chi connectivity index (χ1) is 14.7. The Morgan fingerprint density at radius 1 is 1.07 bits per heavy atom. The number of benzene rings is 3. The van der Waals surface area contributed by atoms with Gasteiger partial charge in [-0.1, -0.05) is 48.5 Å². The number of fused-ring (bicyclic) bond motifs is 1. The maximum absolute atomic E-state index is 8.92. The van der Waals surface area contributed by atoms with Crippen molar-refractivity contribution in [2.75, 3.05) is 13.2 Å². The Labute approximate surface area is 176 Å². The highest BCUT2D eigenvalue weighted by Gasteiger charge is 2.15. The molecule has 1 heterocycles. The molecular weight excluding hydrogens is 374 g/mol. The number of hydrogen-bond donors (Lipinski definition) is 2. The second-order valence-electron chi connectivity index (χ2n) is 7.42. The van der Waals surface area contributed by atoms with Crippen molar-refractivity contribution < 1.29 is 9.84 Å². The van der Waals surface area contributed by atoms with Crippen molar-refractivity contribution in [2.45, 2.75) is 26.4 Å². The summed E-state index contributed by atoms with van der Waals surface area (Å²) in [5, 5.41) is 19.6. The van der Waals surface area contributed by atoms with E-state index >= 15 is 0 Å². The molecular formula is C25H27N3O2. The Morgan fingerprint density at radius 3 is 2.73 bits per heavy atom. The normalized spacial score (nSPS) is 12.2. The summed E-state index contributed by atoms with van der Waals surface area (Å²) in [4.78, 5) is 0. The van der Waals surface area contributed by atoms with Gasteiger partial charge in [0.25, 0.3) is 0 Å². The van der Waals surface area contributed by atoms with Crippen molar-refractivity contribution in [2.24, 2.45) is 0 Å². The molecule has 5 heteroatoms. The number of ether oxygens (including phenoxy) is 1. The van der Waals surface area contributed by atoms with Crippen molar-refractivity contribution in [3.8, 4) is 11.4 Å². The lowest BCUT2D eigenvalue weighted by molar-refractivity contribution is 0.201. The van der Waals surface area contributed by atoms with Crippen LogP contribution in [0.25, 0.3) is 16.5 Å². The highest BCUT2D eigenvalue weighted by Crippen LogP contribution is 2.26. The van der Waals surface area contributed by atoms with Gasteiger partial charge in [-0.25, -0.2) is 4.68 Å². The Bertz CT molecular complexity index is 1130. The minimum Gasteiger partial charge on any atom is -0.491 e. The molecule has 0 fully saturated rings. The molecule has 154 valence electrons. The standard InChI is InChI=1S/C25H27N3O2/c1-18(26-16-20-7-5-10-22(15-20)30-14-13-29)24-17-27-28(19(24)2)25-12-6-9-21-8-3-4-11-23(21)25/h3-12,15,17-18,26,29H,13-14,16H2,1-2H3. The van der Waals surface area contributed by atoms with E-state index in [0.717, 1.165) is 29.2 Å². The molecule has 30 heavy (non-hydrogen) atoms. The van der Waals surface area contributed by atoms with E-state index in [1.165, 1.54) is 16.3 Å². The molecule has 1 unspecified atom stereocenters. The largest absolute Gasteiger partial charge is 0.491 e. The third kappa shape index (κ3) is 4.22. The number of hydrogen-bond acceptors (Lipinski definition) is 4. The van der Waals surface area contributed by atoms with E-state index in [2.05, 4.69) is 67.7 Å². The van der Waals surface area contributed by atoms with Gasteiger partial charge in [0, 0.05) is 29.2 Å². The minimum absolute atomic E-state index is 0.0134. The topological polar surface area (TPSA) is 59.3 Å². The van der Waals surface area contributed by atoms with E-state index in [9.17, 15) is 0 Å². The molecule has 0 saturated heterocycles. The van der Waals surface area contributed by atoms with Crippen molar-refractivity contribution in [3.05, 3.63) is 89.7 Å². The van der Waals surface area contributed by atoms with Crippen molar-refractivity contribution in [3.63, 3.8) is 0 Å². The third-order valence-corrected chi connectivity index (χ3v) is 5.38. The average Bonchev–Trinajstić information content (AvgIpc) is 3.17. The molecule has 0 radical (unpaired) electrons. The van der Waals surface area contributed by atoms with Gasteiger partial charge in [0.15, 0.2) is 0 Å². The van der Waals surface area contributed by atoms with Crippen LogP contribution in [-0.4, -0.2) is 28.1 Å². The highest BCUT2D eigenvalue weighted by atomic mass is 16.5. The Hall–Kier alpha value is -3.15. The lowest BCUT2D eigenvalue weighted by Gasteiger charge is -2.15. The lowest BCUT2D eigenvalue weighted by atomic mass is 10.1. The number of rotatable bonds is 8. The SMILES string of the molecule is Cc1c(C(C)NCc2cccc(OCCO)c2)cnn1-c1cccc2ccccc12. The number of nitrogens with zero attached hydrogens (tertiary/aromatic N) is 2. The molecule has 4 rings (SSSR count). The van der Waals surface area contributed by atoms with Crippen molar-refractivity contribution in [1.82, 2.24) is 15.1 Å². The average molecular weight is 402 g/mol. The van der Waals surface area contributed by atoms with Crippen LogP contribution in [0.15, 0.2) is 72.9 Å². The molecule has 0 spiro atoms. The summed E-state index contributed by atoms with van der Waals surface area (Å²) in [6.07, 6.45) is 1.95. The zero-order valence-corrected chi connectivity index (χ0v) is 17.4. The second kappa shape index (κ2) is 9.11. The van der Waals surface area contributed by atoms with Crippen LogP contribution in [0.2, 0.25) is 0 Å². The summed E-state index contributed by atoms with van der Waals surface area (Å²) in [6, 6.07) is 22.8. The molecule has 0 aliphatic carbocycles. The molecule has 1 aromatic heterocycles. The Morgan fingerprint density at radius 2 is 1.87 bits per heavy atom. The van der Waals surface area contributed by atoms with E-state index < -0.39 is 0 Å². The smallest absolute Gasteiger partial charge is 0.119 e. The number of aliphatic hydroxyl groups excluding tert-OH is 1. The molecule has 3 aromatic carbocycles. The fourth-order valence-electron chi connectivity index (χ4n) is 3.77. The summed E-state index contributed by atoms with van der Waals surface area (Å²) >= 11 is 0. The van der Waals surface area contributed by atoms with E-state index in [1.54, 1.807) is 0 Å². The second-order valence-corrected chi connectivity index (χ2v) is 7.42. The van der Waals surface area contributed by atoms with Gasteiger partial charge in [-0.05, 0) is 43.0 Å². The molecule has 1 atom stereocenters. The molecule has 0 aliphatic heterocycles. The predicted octanol–water partition coefficient (Wildman–Crippen LogP) is 4.56. The van der Waals surface area contributed by atoms with Crippen LogP contribution >= 0.6 is 0 Å². The number of aliphatic hydroxyl groups is 1. The van der Waals surface area contributed by atoms with Gasteiger partial charge in [-0.2, -0.15) is 5.10 Å². The fraction of sp³-hybridized carbons (Fsp3) is 0.240. The summed E-state index contributed by atoms with van der Waals surface area (Å²) in [7, 11) is 0. The van der Waals surface area contributed by atoms with Gasteiger partial charge >= 0.3 is 0 Å². The Balaban J connectivity index is 1.51. The molecule has 4 aromatic rings. The molecule has 0 aliphatic rings. The van der Waals surface area contributed by atoms with E-state index in [1.807, 2.05) is 29.1 Å². The van der Waals surface area contributed by atoms with E-state index in [-0.39, 0.29) is 12.6 Å². The zero-order chi connectivity index (χ0) is 20.9. The number of aromatic nitrogens is 2. The van der Waals surface area contributed by atoms with Gasteiger partial charge in [0.1, 0.15) is 12.4 Å². The molecule has 5 nitrogen and oxygen atoms in total. The maximum atomic E-state index is 8.92. The minimum atomic E-state index is 0.0134. The molecule has 0 saturated carbocycles. The zero-order valence-electron chi connectivity index (χ0n) is 17.4. The first-order valence-electron chi connectivity index (χ1n) is 10.3. The van der Waals surface area contributed by atoms with Gasteiger partial charge in [-0.15, -0.1) is 0 Å². The predicted molar refractivity (Wildman–Crippen MR) is 120 cm³/mol. The summed E-state index contributed by atoms with van der Waals surface area (Å²) in [5.74, 6) is 0.774. The van der Waals surface area contributed by atoms with Gasteiger partial charge in [0.05, 0.1) is 18.5 Å². The number of nitrogens with one attached hydrogen (secondary N) is 1. The first kappa shape index (κ1) is 20.1. The fourth-order valence-corrected chi connectivity index (χ4v) is 3.77.